The highest BCUT2D eigenvalue weighted by Crippen LogP contribution is 2.38. The molecule has 13 heteroatoms. The summed E-state index contributed by atoms with van der Waals surface area (Å²) in [5.74, 6) is -2.14. The molecular weight excluding hydrogens is 600 g/mol. The Labute approximate surface area is 253 Å². The Morgan fingerprint density at radius 3 is 2.47 bits per heavy atom. The fourth-order valence-corrected chi connectivity index (χ4v) is 7.44. The van der Waals surface area contributed by atoms with Gasteiger partial charge in [-0.25, -0.2) is 17.2 Å². The molecule has 0 radical (unpaired) electrons. The molecule has 2 aliphatic rings. The summed E-state index contributed by atoms with van der Waals surface area (Å²) in [4.78, 5) is 16.7. The lowest BCUT2D eigenvalue weighted by molar-refractivity contribution is -0.118. The number of hydrogen-bond donors (Lipinski definition) is 1. The number of azide groups is 1. The van der Waals surface area contributed by atoms with E-state index in [1.54, 1.807) is 18.2 Å². The molecular formula is C30H30ClF2N5O4S. The second-order valence-corrected chi connectivity index (χ2v) is 13.0. The van der Waals surface area contributed by atoms with E-state index in [2.05, 4.69) is 15.3 Å². The standard InChI is InChI=1S/C30H30ClF2N5O4S/c31-21-6-4-19(5-7-21)28(20-14-16-42-17-15-20)29(36-37-34)30(39)35-27-3-1-2-26(33)25(27)13-10-23-18-38(23)43(40,41)24-11-8-22(32)9-12-24/h1-9,11-12,20,23,28-29H,10,13-18H2,(H,35,39)/t23-,28-,29-,38?/m0/s1. The van der Waals surface area contributed by atoms with Crippen LogP contribution in [0.25, 0.3) is 10.4 Å². The third-order valence-electron chi connectivity index (χ3n) is 8.00. The minimum absolute atomic E-state index is 0.00735. The van der Waals surface area contributed by atoms with Gasteiger partial charge in [-0.1, -0.05) is 34.9 Å². The Kier molecular flexibility index (Phi) is 9.63. The van der Waals surface area contributed by atoms with Crippen LogP contribution >= 0.6 is 11.6 Å². The summed E-state index contributed by atoms with van der Waals surface area (Å²) in [6, 6.07) is 14.5. The van der Waals surface area contributed by atoms with Crippen molar-refractivity contribution in [2.45, 2.75) is 48.6 Å². The molecule has 2 aliphatic heterocycles. The maximum Gasteiger partial charge on any atom is 0.243 e. The molecule has 3 aromatic carbocycles. The van der Waals surface area contributed by atoms with Gasteiger partial charge in [-0.3, -0.25) is 4.79 Å². The van der Waals surface area contributed by atoms with E-state index in [9.17, 15) is 23.1 Å². The Morgan fingerprint density at radius 2 is 1.79 bits per heavy atom. The van der Waals surface area contributed by atoms with E-state index in [1.165, 1.54) is 28.6 Å². The average Bonchev–Trinajstić information content (AvgIpc) is 3.79. The highest BCUT2D eigenvalue weighted by atomic mass is 35.5. The van der Waals surface area contributed by atoms with Crippen LogP contribution in [0.5, 0.6) is 0 Å². The number of anilines is 1. The van der Waals surface area contributed by atoms with Crippen molar-refractivity contribution in [3.8, 4) is 0 Å². The number of nitrogens with zero attached hydrogens (tertiary/aromatic N) is 4. The van der Waals surface area contributed by atoms with E-state index < -0.39 is 39.5 Å². The van der Waals surface area contributed by atoms with Gasteiger partial charge in [0.05, 0.1) is 4.90 Å². The molecule has 0 bridgehead atoms. The normalized spacial score (nSPS) is 20.1. The fraction of sp³-hybridized carbons (Fsp3) is 0.367. The van der Waals surface area contributed by atoms with Crippen LogP contribution in [-0.2, 0) is 26.0 Å². The van der Waals surface area contributed by atoms with Crippen molar-refractivity contribution >= 4 is 33.2 Å². The Bertz CT molecular complexity index is 1610. The first-order valence-electron chi connectivity index (χ1n) is 13.9. The number of carbonyl (C=O) groups excluding carboxylic acids is 1. The third-order valence-corrected chi connectivity index (χ3v) is 10.2. The predicted molar refractivity (Wildman–Crippen MR) is 158 cm³/mol. The van der Waals surface area contributed by atoms with Gasteiger partial charge in [-0.15, -0.1) is 0 Å². The first-order chi connectivity index (χ1) is 20.7. The monoisotopic (exact) mass is 629 g/mol. The Hall–Kier alpha value is -3.54. The molecule has 2 heterocycles. The van der Waals surface area contributed by atoms with Crippen molar-refractivity contribution < 1.29 is 26.7 Å². The maximum absolute atomic E-state index is 15.1. The van der Waals surface area contributed by atoms with Crippen LogP contribution in [0.3, 0.4) is 0 Å². The van der Waals surface area contributed by atoms with Gasteiger partial charge < -0.3 is 10.1 Å². The number of halogens is 3. The molecule has 226 valence electrons. The van der Waals surface area contributed by atoms with Gasteiger partial charge in [0.1, 0.15) is 17.7 Å². The fourth-order valence-electron chi connectivity index (χ4n) is 5.69. The number of nitrogens with one attached hydrogen (secondary N) is 1. The SMILES string of the molecule is [N-]=[N+]=N[C@H](C(=O)Nc1cccc(F)c1CC[C@H]1CN1S(=O)(=O)c1ccc(F)cc1)[C@@H](c1ccc(Cl)cc1)C1CCOCC1. The molecule has 9 nitrogen and oxygen atoms in total. The van der Waals surface area contributed by atoms with E-state index in [-0.39, 0.29) is 41.1 Å². The summed E-state index contributed by atoms with van der Waals surface area (Å²) in [5, 5.41) is 7.22. The number of benzene rings is 3. The molecule has 1 N–H and O–H groups in total. The molecule has 0 aliphatic carbocycles. The zero-order valence-corrected chi connectivity index (χ0v) is 24.6. The summed E-state index contributed by atoms with van der Waals surface area (Å²) in [7, 11) is -3.80. The van der Waals surface area contributed by atoms with Gasteiger partial charge in [0.15, 0.2) is 0 Å². The zero-order chi connectivity index (χ0) is 30.6. The molecule has 4 atom stereocenters. The summed E-state index contributed by atoms with van der Waals surface area (Å²) in [6.45, 7) is 1.29. The lowest BCUT2D eigenvalue weighted by Gasteiger charge is -2.34. The smallest absolute Gasteiger partial charge is 0.243 e. The molecule has 3 aromatic rings. The molecule has 1 amide bonds. The minimum Gasteiger partial charge on any atom is -0.381 e. The third kappa shape index (κ3) is 7.17. The van der Waals surface area contributed by atoms with Crippen molar-refractivity contribution in [2.75, 3.05) is 25.1 Å². The van der Waals surface area contributed by atoms with E-state index >= 15 is 4.39 Å². The molecule has 2 fully saturated rings. The van der Waals surface area contributed by atoms with Crippen molar-refractivity contribution in [1.82, 2.24) is 4.31 Å². The zero-order valence-electron chi connectivity index (χ0n) is 23.1. The highest BCUT2D eigenvalue weighted by Gasteiger charge is 2.44. The van der Waals surface area contributed by atoms with Crippen LogP contribution in [0.2, 0.25) is 5.02 Å². The summed E-state index contributed by atoms with van der Waals surface area (Å²) in [6.07, 6.45) is 1.79. The van der Waals surface area contributed by atoms with Crippen LogP contribution in [0.15, 0.2) is 76.7 Å². The Balaban J connectivity index is 1.33. The van der Waals surface area contributed by atoms with Crippen molar-refractivity contribution in [3.63, 3.8) is 0 Å². The number of hydrogen-bond acceptors (Lipinski definition) is 5. The molecule has 0 aromatic heterocycles. The van der Waals surface area contributed by atoms with Crippen LogP contribution in [0.1, 0.15) is 36.3 Å². The van der Waals surface area contributed by atoms with Crippen molar-refractivity contribution in [3.05, 3.63) is 105 Å². The van der Waals surface area contributed by atoms with E-state index in [1.807, 2.05) is 12.1 Å². The largest absolute Gasteiger partial charge is 0.381 e. The molecule has 43 heavy (non-hydrogen) atoms. The highest BCUT2D eigenvalue weighted by molar-refractivity contribution is 7.89. The van der Waals surface area contributed by atoms with Gasteiger partial charge >= 0.3 is 0 Å². The summed E-state index contributed by atoms with van der Waals surface area (Å²) < 4.78 is 60.9. The number of carbonyl (C=O) groups is 1. The quantitative estimate of drug-likeness (QED) is 0.113. The number of amides is 1. The second-order valence-electron chi connectivity index (χ2n) is 10.7. The number of ether oxygens (including phenoxy) is 1. The topological polar surface area (TPSA) is 124 Å². The van der Waals surface area contributed by atoms with E-state index in [0.717, 1.165) is 17.7 Å². The first-order valence-corrected chi connectivity index (χ1v) is 15.7. The van der Waals surface area contributed by atoms with E-state index in [4.69, 9.17) is 16.3 Å². The van der Waals surface area contributed by atoms with Crippen LogP contribution in [0.4, 0.5) is 14.5 Å². The van der Waals surface area contributed by atoms with Crippen molar-refractivity contribution in [2.24, 2.45) is 11.0 Å². The van der Waals surface area contributed by atoms with Crippen LogP contribution in [-0.4, -0.2) is 50.5 Å². The number of rotatable bonds is 11. The lowest BCUT2D eigenvalue weighted by atomic mass is 9.76. The second kappa shape index (κ2) is 13.4. The average molecular weight is 630 g/mol. The first kappa shape index (κ1) is 30.9. The summed E-state index contributed by atoms with van der Waals surface area (Å²) >= 11 is 6.11. The van der Waals surface area contributed by atoms with Crippen LogP contribution in [0, 0.1) is 17.6 Å². The number of sulfonamides is 1. The van der Waals surface area contributed by atoms with Crippen molar-refractivity contribution in [1.29, 1.82) is 0 Å². The van der Waals surface area contributed by atoms with Gasteiger partial charge in [0, 0.05) is 52.9 Å². The molecule has 0 saturated carbocycles. The predicted octanol–water partition coefficient (Wildman–Crippen LogP) is 6.45. The van der Waals surface area contributed by atoms with E-state index in [0.29, 0.717) is 37.5 Å². The molecule has 5 rings (SSSR count). The minimum atomic E-state index is -3.80. The van der Waals surface area contributed by atoms with Gasteiger partial charge in [-0.05, 0) is 91.2 Å². The Morgan fingerprint density at radius 1 is 1.09 bits per heavy atom. The molecule has 0 spiro atoms. The van der Waals surface area contributed by atoms with Gasteiger partial charge in [-0.2, -0.15) is 4.31 Å². The van der Waals surface area contributed by atoms with Gasteiger partial charge in [0.2, 0.25) is 15.9 Å². The summed E-state index contributed by atoms with van der Waals surface area (Å²) in [5.41, 5.74) is 10.7. The van der Waals surface area contributed by atoms with Crippen LogP contribution < -0.4 is 5.32 Å². The molecule has 1 unspecified atom stereocenters. The lowest BCUT2D eigenvalue weighted by Crippen LogP contribution is -2.37. The van der Waals surface area contributed by atoms with Gasteiger partial charge in [0.25, 0.3) is 0 Å². The maximum atomic E-state index is 15.1. The molecule has 2 saturated heterocycles.